The van der Waals surface area contributed by atoms with Gasteiger partial charge in [-0.15, -0.1) is 5.11 Å². The molecule has 2 unspecified atom stereocenters. The average Bonchev–Trinajstić information content (AvgIpc) is 2.53. The standard InChI is InChI=1S/C11H10N3O/c12-8-1-2-9-6(4-8)3-7-5-10(15)13-14-11(7)9/h1-2,4,7,11-12H,3,5H2. The van der Waals surface area contributed by atoms with Crippen LogP contribution in [0.2, 0.25) is 0 Å². The van der Waals surface area contributed by atoms with Gasteiger partial charge in [-0.2, -0.15) is 5.11 Å². The number of benzene rings is 1. The zero-order valence-electron chi connectivity index (χ0n) is 8.10. The van der Waals surface area contributed by atoms with Crippen molar-refractivity contribution >= 4 is 11.6 Å². The predicted molar refractivity (Wildman–Crippen MR) is 53.6 cm³/mol. The van der Waals surface area contributed by atoms with Crippen molar-refractivity contribution in [2.45, 2.75) is 18.9 Å². The molecule has 3 rings (SSSR count). The number of fused-ring (bicyclic) bond motifs is 3. The summed E-state index contributed by atoms with van der Waals surface area (Å²) < 4.78 is 0. The van der Waals surface area contributed by atoms with Crippen LogP contribution in [0.3, 0.4) is 0 Å². The fourth-order valence-corrected chi connectivity index (χ4v) is 2.45. The highest BCUT2D eigenvalue weighted by atomic mass is 16.1. The minimum absolute atomic E-state index is 0.0540. The molecule has 0 bridgehead atoms. The normalized spacial score (nSPS) is 27.6. The highest BCUT2D eigenvalue weighted by Gasteiger charge is 2.36. The van der Waals surface area contributed by atoms with Gasteiger partial charge in [0.2, 0.25) is 0 Å². The smallest absolute Gasteiger partial charge is 0.264 e. The van der Waals surface area contributed by atoms with Crippen LogP contribution in [-0.4, -0.2) is 5.91 Å². The molecule has 1 heterocycles. The second-order valence-electron chi connectivity index (χ2n) is 4.14. The van der Waals surface area contributed by atoms with E-state index in [4.69, 9.17) is 5.73 Å². The first-order chi connectivity index (χ1) is 7.24. The van der Waals surface area contributed by atoms with Gasteiger partial charge in [0, 0.05) is 12.3 Å². The predicted octanol–water partition coefficient (Wildman–Crippen LogP) is 2.20. The number of azo groups is 1. The second-order valence-corrected chi connectivity index (χ2v) is 4.14. The summed E-state index contributed by atoms with van der Waals surface area (Å²) in [7, 11) is 0. The monoisotopic (exact) mass is 200 g/mol. The maximum Gasteiger partial charge on any atom is 0.264 e. The maximum absolute atomic E-state index is 11.1. The zero-order chi connectivity index (χ0) is 10.4. The number of rotatable bonds is 0. The minimum atomic E-state index is -0.116. The van der Waals surface area contributed by atoms with Crippen LogP contribution in [0, 0.1) is 5.92 Å². The van der Waals surface area contributed by atoms with E-state index in [2.05, 4.69) is 10.2 Å². The molecule has 1 aliphatic carbocycles. The first-order valence-electron chi connectivity index (χ1n) is 5.02. The Balaban J connectivity index is 2.06. The SMILES string of the molecule is [NH]c1ccc2c(c1)CC1CC(=O)N=NC21. The van der Waals surface area contributed by atoms with Gasteiger partial charge in [-0.05, 0) is 29.7 Å². The minimum Gasteiger partial charge on any atom is -0.301 e. The molecule has 15 heavy (non-hydrogen) atoms. The van der Waals surface area contributed by atoms with E-state index in [1.807, 2.05) is 12.1 Å². The molecule has 0 fully saturated rings. The van der Waals surface area contributed by atoms with Gasteiger partial charge in [0.25, 0.3) is 5.91 Å². The highest BCUT2D eigenvalue weighted by molar-refractivity contribution is 5.77. The number of carbonyl (C=O) groups excluding carboxylic acids is 1. The number of hydrogen-bond acceptors (Lipinski definition) is 2. The summed E-state index contributed by atoms with van der Waals surface area (Å²) in [5.74, 6) is 0.155. The Morgan fingerprint density at radius 2 is 2.20 bits per heavy atom. The van der Waals surface area contributed by atoms with E-state index in [0.29, 0.717) is 12.1 Å². The number of nitrogens with zero attached hydrogens (tertiary/aromatic N) is 2. The van der Waals surface area contributed by atoms with Crippen LogP contribution < -0.4 is 5.73 Å². The summed E-state index contributed by atoms with van der Waals surface area (Å²) in [6.45, 7) is 0. The summed E-state index contributed by atoms with van der Waals surface area (Å²) in [4.78, 5) is 11.1. The van der Waals surface area contributed by atoms with Crippen molar-refractivity contribution in [3.8, 4) is 0 Å². The van der Waals surface area contributed by atoms with Crippen molar-refractivity contribution in [2.75, 3.05) is 0 Å². The molecular formula is C11H10N3O. The molecule has 4 heteroatoms. The molecule has 0 spiro atoms. The first-order valence-corrected chi connectivity index (χ1v) is 5.02. The number of hydrogen-bond donors (Lipinski definition) is 0. The van der Waals surface area contributed by atoms with E-state index >= 15 is 0 Å². The van der Waals surface area contributed by atoms with Gasteiger partial charge in [-0.1, -0.05) is 6.07 Å². The van der Waals surface area contributed by atoms with Crippen LogP contribution in [0.4, 0.5) is 5.69 Å². The topological polar surface area (TPSA) is 65.6 Å². The summed E-state index contributed by atoms with van der Waals surface area (Å²) in [5.41, 5.74) is 10.4. The molecule has 1 aromatic carbocycles. The van der Waals surface area contributed by atoms with Crippen LogP contribution in [0.25, 0.3) is 0 Å². The number of nitrogens with one attached hydrogen (secondary N) is 1. The molecule has 1 aromatic rings. The van der Waals surface area contributed by atoms with Crippen LogP contribution in [-0.2, 0) is 11.2 Å². The molecule has 1 radical (unpaired) electrons. The Morgan fingerprint density at radius 3 is 3.07 bits per heavy atom. The first kappa shape index (κ1) is 8.59. The largest absolute Gasteiger partial charge is 0.301 e. The zero-order valence-corrected chi connectivity index (χ0v) is 8.10. The van der Waals surface area contributed by atoms with E-state index in [9.17, 15) is 4.79 Å². The van der Waals surface area contributed by atoms with Gasteiger partial charge in [-0.3, -0.25) is 4.79 Å². The Hall–Kier alpha value is -1.71. The highest BCUT2D eigenvalue weighted by Crippen LogP contribution is 2.43. The van der Waals surface area contributed by atoms with Crippen molar-refractivity contribution < 1.29 is 4.79 Å². The lowest BCUT2D eigenvalue weighted by Gasteiger charge is -2.16. The van der Waals surface area contributed by atoms with Gasteiger partial charge >= 0.3 is 0 Å². The summed E-state index contributed by atoms with van der Waals surface area (Å²) in [5, 5.41) is 7.69. The Morgan fingerprint density at radius 1 is 1.33 bits per heavy atom. The molecule has 2 atom stereocenters. The van der Waals surface area contributed by atoms with E-state index < -0.39 is 0 Å². The molecule has 75 valence electrons. The van der Waals surface area contributed by atoms with Crippen LogP contribution in [0.5, 0.6) is 0 Å². The lowest BCUT2D eigenvalue weighted by Crippen LogP contribution is -2.14. The van der Waals surface area contributed by atoms with Crippen molar-refractivity contribution in [2.24, 2.45) is 16.1 Å². The van der Waals surface area contributed by atoms with E-state index in [-0.39, 0.29) is 17.9 Å². The lowest BCUT2D eigenvalue weighted by molar-refractivity contribution is -0.120. The number of carbonyl (C=O) groups is 1. The fourth-order valence-electron chi connectivity index (χ4n) is 2.45. The van der Waals surface area contributed by atoms with Gasteiger partial charge in [0.15, 0.2) is 0 Å². The quantitative estimate of drug-likeness (QED) is 0.633. The molecule has 2 aliphatic rings. The van der Waals surface area contributed by atoms with Crippen LogP contribution >= 0.6 is 0 Å². The van der Waals surface area contributed by atoms with Crippen molar-refractivity contribution in [1.29, 1.82) is 0 Å². The second kappa shape index (κ2) is 2.89. The molecule has 1 N–H and O–H groups in total. The third-order valence-electron chi connectivity index (χ3n) is 3.12. The third kappa shape index (κ3) is 1.25. The third-order valence-corrected chi connectivity index (χ3v) is 3.12. The summed E-state index contributed by atoms with van der Waals surface area (Å²) in [6, 6.07) is 5.64. The molecule has 4 nitrogen and oxygen atoms in total. The van der Waals surface area contributed by atoms with Crippen molar-refractivity contribution in [1.82, 2.24) is 5.73 Å². The maximum atomic E-state index is 11.1. The Kier molecular flexibility index (Phi) is 1.65. The molecule has 1 amide bonds. The average molecular weight is 200 g/mol. The van der Waals surface area contributed by atoms with Gasteiger partial charge in [0.05, 0.1) is 5.69 Å². The van der Waals surface area contributed by atoms with Crippen molar-refractivity contribution in [3.05, 3.63) is 29.3 Å². The van der Waals surface area contributed by atoms with Crippen LogP contribution in [0.1, 0.15) is 23.6 Å². The molecular weight excluding hydrogens is 190 g/mol. The molecule has 1 aliphatic heterocycles. The molecule has 0 aromatic heterocycles. The van der Waals surface area contributed by atoms with Gasteiger partial charge in [0.1, 0.15) is 6.04 Å². The summed E-state index contributed by atoms with van der Waals surface area (Å²) in [6.07, 6.45) is 1.35. The fraction of sp³-hybridized carbons (Fsp3) is 0.364. The van der Waals surface area contributed by atoms with Gasteiger partial charge < -0.3 is 5.73 Å². The Bertz CT molecular complexity index is 467. The summed E-state index contributed by atoms with van der Waals surface area (Å²) >= 11 is 0. The van der Waals surface area contributed by atoms with E-state index in [1.165, 1.54) is 0 Å². The lowest BCUT2D eigenvalue weighted by atomic mass is 9.96. The Labute approximate surface area is 87.2 Å². The number of amides is 1. The molecule has 0 saturated carbocycles. The molecule has 0 saturated heterocycles. The van der Waals surface area contributed by atoms with Crippen molar-refractivity contribution in [3.63, 3.8) is 0 Å². The van der Waals surface area contributed by atoms with Crippen LogP contribution in [0.15, 0.2) is 28.4 Å². The van der Waals surface area contributed by atoms with E-state index in [0.717, 1.165) is 17.5 Å². The van der Waals surface area contributed by atoms with E-state index in [1.54, 1.807) is 6.07 Å². The van der Waals surface area contributed by atoms with Gasteiger partial charge in [-0.25, -0.2) is 0 Å².